The molecule has 1 rings (SSSR count). The summed E-state index contributed by atoms with van der Waals surface area (Å²) < 4.78 is 7.60. The quantitative estimate of drug-likeness (QED) is 0.911. The molecule has 1 heterocycles. The first-order chi connectivity index (χ1) is 6.85. The van der Waals surface area contributed by atoms with Crippen LogP contribution in [-0.2, 0) is 11.3 Å². The molecule has 1 aromatic heterocycles. The standard InChI is InChI=1S/C10H15BrN2O2/c1-10(2,15-3)6-13-4-7(11)9(14)8(12)5-13/h4-5H,6,12H2,1-3H3. The van der Waals surface area contributed by atoms with Crippen LogP contribution in [0, 0.1) is 0 Å². The van der Waals surface area contributed by atoms with Gasteiger partial charge in [0.1, 0.15) is 0 Å². The fourth-order valence-electron chi connectivity index (χ4n) is 1.21. The van der Waals surface area contributed by atoms with Gasteiger partial charge < -0.3 is 15.0 Å². The van der Waals surface area contributed by atoms with Crippen LogP contribution in [0.4, 0.5) is 5.69 Å². The summed E-state index contributed by atoms with van der Waals surface area (Å²) in [5.74, 6) is 0. The van der Waals surface area contributed by atoms with Crippen LogP contribution in [0.3, 0.4) is 0 Å². The molecule has 0 radical (unpaired) electrons. The molecule has 2 N–H and O–H groups in total. The molecule has 0 aliphatic heterocycles. The zero-order valence-corrected chi connectivity index (χ0v) is 10.7. The molecule has 0 bridgehead atoms. The number of halogens is 1. The minimum absolute atomic E-state index is 0.179. The fourth-order valence-corrected chi connectivity index (χ4v) is 1.70. The van der Waals surface area contributed by atoms with Gasteiger partial charge in [-0.15, -0.1) is 0 Å². The molecular formula is C10H15BrN2O2. The zero-order chi connectivity index (χ0) is 11.6. The van der Waals surface area contributed by atoms with Gasteiger partial charge in [-0.1, -0.05) is 0 Å². The first kappa shape index (κ1) is 12.3. The van der Waals surface area contributed by atoms with E-state index in [0.717, 1.165) is 0 Å². The summed E-state index contributed by atoms with van der Waals surface area (Å²) in [5.41, 5.74) is 5.34. The van der Waals surface area contributed by atoms with Crippen LogP contribution in [0.15, 0.2) is 21.7 Å². The van der Waals surface area contributed by atoms with E-state index in [9.17, 15) is 4.79 Å². The molecule has 0 spiro atoms. The number of hydrogen-bond donors (Lipinski definition) is 1. The van der Waals surface area contributed by atoms with Gasteiger partial charge in [0.2, 0.25) is 5.43 Å². The first-order valence-electron chi connectivity index (χ1n) is 4.56. The highest BCUT2D eigenvalue weighted by Gasteiger charge is 2.17. The van der Waals surface area contributed by atoms with Crippen molar-refractivity contribution >= 4 is 21.6 Å². The van der Waals surface area contributed by atoms with Crippen molar-refractivity contribution in [3.63, 3.8) is 0 Å². The van der Waals surface area contributed by atoms with Gasteiger partial charge in [0, 0.05) is 19.5 Å². The Labute approximate surface area is 97.2 Å². The number of anilines is 1. The average molecular weight is 275 g/mol. The van der Waals surface area contributed by atoms with Crippen molar-refractivity contribution in [3.05, 3.63) is 27.1 Å². The number of nitrogens with two attached hydrogens (primary N) is 1. The summed E-state index contributed by atoms with van der Waals surface area (Å²) >= 11 is 3.17. The minimum atomic E-state index is -0.291. The Balaban J connectivity index is 3.03. The number of hydrogen-bond acceptors (Lipinski definition) is 3. The van der Waals surface area contributed by atoms with Crippen molar-refractivity contribution < 1.29 is 4.74 Å². The molecule has 0 aliphatic rings. The lowest BCUT2D eigenvalue weighted by Crippen LogP contribution is -2.29. The summed E-state index contributed by atoms with van der Waals surface area (Å²) in [4.78, 5) is 11.3. The molecule has 15 heavy (non-hydrogen) atoms. The highest BCUT2D eigenvalue weighted by Crippen LogP contribution is 2.13. The summed E-state index contributed by atoms with van der Waals surface area (Å²) in [6, 6.07) is 0. The number of ether oxygens (including phenoxy) is 1. The zero-order valence-electron chi connectivity index (χ0n) is 9.08. The maximum absolute atomic E-state index is 11.3. The van der Waals surface area contributed by atoms with E-state index in [4.69, 9.17) is 10.5 Å². The van der Waals surface area contributed by atoms with Crippen molar-refractivity contribution in [1.29, 1.82) is 0 Å². The van der Waals surface area contributed by atoms with Gasteiger partial charge in [0.05, 0.1) is 22.3 Å². The number of nitrogens with zero attached hydrogens (tertiary/aromatic N) is 1. The summed E-state index contributed by atoms with van der Waals surface area (Å²) in [6.45, 7) is 4.57. The maximum Gasteiger partial charge on any atom is 0.218 e. The van der Waals surface area contributed by atoms with Gasteiger partial charge in [-0.05, 0) is 29.8 Å². The highest BCUT2D eigenvalue weighted by atomic mass is 79.9. The third-order valence-corrected chi connectivity index (χ3v) is 2.74. The molecule has 4 nitrogen and oxygen atoms in total. The third-order valence-electron chi connectivity index (χ3n) is 2.18. The second-order valence-electron chi connectivity index (χ2n) is 4.03. The van der Waals surface area contributed by atoms with Crippen molar-refractivity contribution in [3.8, 4) is 0 Å². The van der Waals surface area contributed by atoms with E-state index in [-0.39, 0.29) is 16.7 Å². The van der Waals surface area contributed by atoms with Gasteiger partial charge >= 0.3 is 0 Å². The van der Waals surface area contributed by atoms with Gasteiger partial charge in [-0.25, -0.2) is 0 Å². The van der Waals surface area contributed by atoms with E-state index in [1.807, 2.05) is 18.4 Å². The predicted molar refractivity (Wildman–Crippen MR) is 63.9 cm³/mol. The average Bonchev–Trinajstić information content (AvgIpc) is 2.13. The normalized spacial score (nSPS) is 11.7. The van der Waals surface area contributed by atoms with Crippen molar-refractivity contribution in [2.75, 3.05) is 12.8 Å². The molecule has 84 valence electrons. The van der Waals surface area contributed by atoms with Crippen LogP contribution in [0.25, 0.3) is 0 Å². The van der Waals surface area contributed by atoms with E-state index in [1.165, 1.54) is 0 Å². The Hall–Kier alpha value is -0.810. The lowest BCUT2D eigenvalue weighted by molar-refractivity contribution is 0.00805. The second kappa shape index (κ2) is 4.37. The number of nitrogen functional groups attached to an aromatic ring is 1. The lowest BCUT2D eigenvalue weighted by Gasteiger charge is -2.24. The van der Waals surface area contributed by atoms with Crippen molar-refractivity contribution in [2.24, 2.45) is 0 Å². The van der Waals surface area contributed by atoms with Gasteiger partial charge in [-0.3, -0.25) is 4.79 Å². The molecular weight excluding hydrogens is 260 g/mol. The Morgan fingerprint density at radius 2 is 2.13 bits per heavy atom. The van der Waals surface area contributed by atoms with Gasteiger partial charge in [-0.2, -0.15) is 0 Å². The molecule has 0 saturated carbocycles. The van der Waals surface area contributed by atoms with Crippen LogP contribution in [-0.4, -0.2) is 17.3 Å². The summed E-state index contributed by atoms with van der Waals surface area (Å²) in [7, 11) is 1.65. The number of rotatable bonds is 3. The second-order valence-corrected chi connectivity index (χ2v) is 4.88. The van der Waals surface area contributed by atoms with Crippen LogP contribution in [0.5, 0.6) is 0 Å². The van der Waals surface area contributed by atoms with E-state index in [0.29, 0.717) is 11.0 Å². The van der Waals surface area contributed by atoms with Crippen molar-refractivity contribution in [1.82, 2.24) is 4.57 Å². The maximum atomic E-state index is 11.3. The van der Waals surface area contributed by atoms with Crippen LogP contribution >= 0.6 is 15.9 Å². The Bertz CT molecular complexity index is 386. The van der Waals surface area contributed by atoms with E-state index in [1.54, 1.807) is 19.5 Å². The molecule has 0 atom stereocenters. The lowest BCUT2D eigenvalue weighted by atomic mass is 10.1. The molecule has 1 aromatic rings. The SMILES string of the molecule is COC(C)(C)Cn1cc(N)c(=O)c(Br)c1. The molecule has 0 unspecified atom stereocenters. The molecule has 0 saturated heterocycles. The number of aromatic nitrogens is 1. The van der Waals surface area contributed by atoms with E-state index >= 15 is 0 Å². The summed E-state index contributed by atoms with van der Waals surface area (Å²) in [6.07, 6.45) is 3.33. The van der Waals surface area contributed by atoms with Crippen LogP contribution < -0.4 is 11.2 Å². The highest BCUT2D eigenvalue weighted by molar-refractivity contribution is 9.10. The first-order valence-corrected chi connectivity index (χ1v) is 5.35. The van der Waals surface area contributed by atoms with Gasteiger partial charge in [0.15, 0.2) is 0 Å². The monoisotopic (exact) mass is 274 g/mol. The molecule has 5 heteroatoms. The Kier molecular flexibility index (Phi) is 3.57. The van der Waals surface area contributed by atoms with E-state index < -0.39 is 0 Å². The minimum Gasteiger partial charge on any atom is -0.394 e. The smallest absolute Gasteiger partial charge is 0.218 e. The van der Waals surface area contributed by atoms with Crippen LogP contribution in [0.1, 0.15) is 13.8 Å². The molecule has 0 fully saturated rings. The molecule has 0 aromatic carbocycles. The van der Waals surface area contributed by atoms with Crippen LogP contribution in [0.2, 0.25) is 0 Å². The summed E-state index contributed by atoms with van der Waals surface area (Å²) in [5, 5.41) is 0. The predicted octanol–water partition coefficient (Wildman–Crippen LogP) is 1.62. The molecule has 0 aliphatic carbocycles. The topological polar surface area (TPSA) is 57.2 Å². The third kappa shape index (κ3) is 3.07. The Morgan fingerprint density at radius 1 is 1.53 bits per heavy atom. The van der Waals surface area contributed by atoms with Crippen molar-refractivity contribution in [2.45, 2.75) is 26.0 Å². The fraction of sp³-hybridized carbons (Fsp3) is 0.500. The number of methoxy groups -OCH3 is 1. The number of pyridine rings is 1. The molecule has 0 amide bonds. The Morgan fingerprint density at radius 3 is 2.60 bits per heavy atom. The largest absolute Gasteiger partial charge is 0.394 e. The van der Waals surface area contributed by atoms with Gasteiger partial charge in [0.25, 0.3) is 0 Å². The van der Waals surface area contributed by atoms with E-state index in [2.05, 4.69) is 15.9 Å².